The van der Waals surface area contributed by atoms with E-state index >= 15 is 0 Å². The Morgan fingerprint density at radius 3 is 2.35 bits per heavy atom. The van der Waals surface area contributed by atoms with Crippen molar-refractivity contribution >= 4 is 35.0 Å². The largest absolute Gasteiger partial charge is 0.484 e. The summed E-state index contributed by atoms with van der Waals surface area (Å²) < 4.78 is 23.4. The number of hydrazine groups is 1. The molecule has 0 aliphatic rings. The molecule has 1 atom stereocenters. The molecule has 2 aromatic carbocycles. The first kappa shape index (κ1) is 19.8. The second-order valence-electron chi connectivity index (χ2n) is 5.12. The topological polar surface area (TPSA) is 76.7 Å². The summed E-state index contributed by atoms with van der Waals surface area (Å²) in [6.45, 7) is 1.14. The van der Waals surface area contributed by atoms with Crippen molar-refractivity contribution in [3.63, 3.8) is 0 Å². The molecule has 0 fully saturated rings. The Morgan fingerprint density at radius 2 is 1.69 bits per heavy atom. The second kappa shape index (κ2) is 9.26. The van der Waals surface area contributed by atoms with Gasteiger partial charge in [-0.3, -0.25) is 20.4 Å². The Kier molecular flexibility index (Phi) is 7.06. The van der Waals surface area contributed by atoms with Gasteiger partial charge < -0.3 is 9.47 Å². The van der Waals surface area contributed by atoms with Gasteiger partial charge in [-0.05, 0) is 43.3 Å². The van der Waals surface area contributed by atoms with E-state index in [4.69, 9.17) is 32.7 Å². The molecule has 138 valence electrons. The third-order valence-electron chi connectivity index (χ3n) is 3.08. The van der Waals surface area contributed by atoms with Crippen molar-refractivity contribution in [1.29, 1.82) is 0 Å². The highest BCUT2D eigenvalue weighted by atomic mass is 35.5. The Labute approximate surface area is 159 Å². The van der Waals surface area contributed by atoms with Crippen LogP contribution in [0.1, 0.15) is 6.92 Å². The fraction of sp³-hybridized carbons (Fsp3) is 0.176. The van der Waals surface area contributed by atoms with Gasteiger partial charge in [0.15, 0.2) is 12.7 Å². The van der Waals surface area contributed by atoms with Gasteiger partial charge in [0, 0.05) is 6.07 Å². The number of ether oxygens (including phenoxy) is 2. The lowest BCUT2D eigenvalue weighted by molar-refractivity contribution is -0.133. The second-order valence-corrected chi connectivity index (χ2v) is 5.93. The first-order valence-corrected chi connectivity index (χ1v) is 8.19. The maximum absolute atomic E-state index is 12.8. The molecule has 26 heavy (non-hydrogen) atoms. The van der Waals surface area contributed by atoms with Crippen LogP contribution in [-0.4, -0.2) is 24.5 Å². The number of carbonyl (C=O) groups excluding carboxylic acids is 2. The molecule has 0 saturated carbocycles. The minimum atomic E-state index is -0.906. The highest BCUT2D eigenvalue weighted by Gasteiger charge is 2.15. The Hall–Kier alpha value is -2.51. The molecule has 2 N–H and O–H groups in total. The Bertz CT molecular complexity index is 787. The van der Waals surface area contributed by atoms with E-state index in [1.807, 2.05) is 0 Å². The fourth-order valence-corrected chi connectivity index (χ4v) is 2.04. The summed E-state index contributed by atoms with van der Waals surface area (Å²) >= 11 is 11.6. The lowest BCUT2D eigenvalue weighted by atomic mass is 10.3. The van der Waals surface area contributed by atoms with Crippen LogP contribution in [0.5, 0.6) is 11.5 Å². The number of benzene rings is 2. The van der Waals surface area contributed by atoms with Crippen LogP contribution in [0.15, 0.2) is 42.5 Å². The lowest BCUT2D eigenvalue weighted by Crippen LogP contribution is -2.48. The van der Waals surface area contributed by atoms with Crippen LogP contribution < -0.4 is 20.3 Å². The van der Waals surface area contributed by atoms with Gasteiger partial charge >= 0.3 is 0 Å². The summed E-state index contributed by atoms with van der Waals surface area (Å²) in [5.74, 6) is -0.906. The van der Waals surface area contributed by atoms with E-state index in [-0.39, 0.29) is 6.61 Å². The Morgan fingerprint density at radius 1 is 1.04 bits per heavy atom. The molecular formula is C17H15Cl2FN2O4. The maximum atomic E-state index is 12.8. The average Bonchev–Trinajstić information content (AvgIpc) is 2.62. The molecule has 0 heterocycles. The highest BCUT2D eigenvalue weighted by Crippen LogP contribution is 2.26. The van der Waals surface area contributed by atoms with E-state index in [1.165, 1.54) is 43.3 Å². The van der Waals surface area contributed by atoms with Gasteiger partial charge in [0.05, 0.1) is 10.0 Å². The summed E-state index contributed by atoms with van der Waals surface area (Å²) in [6.07, 6.45) is -0.906. The van der Waals surface area contributed by atoms with E-state index in [0.29, 0.717) is 21.5 Å². The van der Waals surface area contributed by atoms with Crippen molar-refractivity contribution in [3.05, 3.63) is 58.3 Å². The standard InChI is InChI=1S/C17H15Cl2FN2O4/c1-10(26-12-4-2-11(20)3-5-12)17(24)22-21-16(23)9-25-13-6-7-14(18)15(19)8-13/h2-8,10H,9H2,1H3,(H,21,23)(H,22,24). The third kappa shape index (κ3) is 6.09. The average molecular weight is 401 g/mol. The zero-order chi connectivity index (χ0) is 19.1. The van der Waals surface area contributed by atoms with Crippen LogP contribution in [0.2, 0.25) is 10.0 Å². The van der Waals surface area contributed by atoms with Crippen molar-refractivity contribution in [2.75, 3.05) is 6.61 Å². The summed E-state index contributed by atoms with van der Waals surface area (Å²) in [5, 5.41) is 0.663. The Balaban J connectivity index is 1.74. The van der Waals surface area contributed by atoms with Crippen LogP contribution in [0.3, 0.4) is 0 Å². The van der Waals surface area contributed by atoms with E-state index in [1.54, 1.807) is 6.07 Å². The number of rotatable bonds is 6. The van der Waals surface area contributed by atoms with Crippen molar-refractivity contribution < 1.29 is 23.5 Å². The molecule has 2 amide bonds. The van der Waals surface area contributed by atoms with Crippen LogP contribution in [-0.2, 0) is 9.59 Å². The zero-order valence-electron chi connectivity index (χ0n) is 13.6. The summed E-state index contributed by atoms with van der Waals surface area (Å²) in [6, 6.07) is 9.76. The molecular weight excluding hydrogens is 386 g/mol. The van der Waals surface area contributed by atoms with Crippen LogP contribution in [0.4, 0.5) is 4.39 Å². The predicted octanol–water partition coefficient (Wildman–Crippen LogP) is 3.13. The first-order valence-electron chi connectivity index (χ1n) is 7.44. The number of carbonyl (C=O) groups is 2. The smallest absolute Gasteiger partial charge is 0.279 e. The van der Waals surface area contributed by atoms with Crippen molar-refractivity contribution in [2.45, 2.75) is 13.0 Å². The van der Waals surface area contributed by atoms with Crippen LogP contribution >= 0.6 is 23.2 Å². The number of hydrogen-bond acceptors (Lipinski definition) is 4. The van der Waals surface area contributed by atoms with E-state index in [0.717, 1.165) is 0 Å². The van der Waals surface area contributed by atoms with Crippen molar-refractivity contribution in [2.24, 2.45) is 0 Å². The van der Waals surface area contributed by atoms with Gasteiger partial charge in [-0.25, -0.2) is 4.39 Å². The summed E-state index contributed by atoms with van der Waals surface area (Å²) in [7, 11) is 0. The minimum absolute atomic E-state index is 0.296. The van der Waals surface area contributed by atoms with Gasteiger partial charge in [0.1, 0.15) is 17.3 Å². The highest BCUT2D eigenvalue weighted by molar-refractivity contribution is 6.42. The van der Waals surface area contributed by atoms with Gasteiger partial charge in [-0.1, -0.05) is 23.2 Å². The zero-order valence-corrected chi connectivity index (χ0v) is 15.1. The minimum Gasteiger partial charge on any atom is -0.484 e. The summed E-state index contributed by atoms with van der Waals surface area (Å²) in [5.41, 5.74) is 4.40. The monoisotopic (exact) mass is 400 g/mol. The maximum Gasteiger partial charge on any atom is 0.279 e. The van der Waals surface area contributed by atoms with Crippen LogP contribution in [0, 0.1) is 5.82 Å². The molecule has 0 aliphatic heterocycles. The molecule has 0 aromatic heterocycles. The van der Waals surface area contributed by atoms with E-state index in [9.17, 15) is 14.0 Å². The number of amides is 2. The van der Waals surface area contributed by atoms with Crippen LogP contribution in [0.25, 0.3) is 0 Å². The molecule has 0 saturated heterocycles. The molecule has 1 unspecified atom stereocenters. The van der Waals surface area contributed by atoms with E-state index < -0.39 is 23.7 Å². The molecule has 0 spiro atoms. The van der Waals surface area contributed by atoms with Gasteiger partial charge in [0.2, 0.25) is 0 Å². The number of halogens is 3. The molecule has 0 aliphatic carbocycles. The van der Waals surface area contributed by atoms with Crippen molar-refractivity contribution in [3.8, 4) is 11.5 Å². The molecule has 2 aromatic rings. The molecule has 2 rings (SSSR count). The summed E-state index contributed by atoms with van der Waals surface area (Å²) in [4.78, 5) is 23.6. The van der Waals surface area contributed by atoms with Gasteiger partial charge in [0.25, 0.3) is 11.8 Å². The normalized spacial score (nSPS) is 11.4. The SMILES string of the molecule is CC(Oc1ccc(F)cc1)C(=O)NNC(=O)COc1ccc(Cl)c(Cl)c1. The van der Waals surface area contributed by atoms with Gasteiger partial charge in [-0.2, -0.15) is 0 Å². The molecule has 6 nitrogen and oxygen atoms in total. The quantitative estimate of drug-likeness (QED) is 0.730. The molecule has 0 bridgehead atoms. The van der Waals surface area contributed by atoms with Crippen molar-refractivity contribution in [1.82, 2.24) is 10.9 Å². The fourth-order valence-electron chi connectivity index (χ4n) is 1.76. The van der Waals surface area contributed by atoms with E-state index in [2.05, 4.69) is 10.9 Å². The molecule has 0 radical (unpaired) electrons. The number of hydrogen-bond donors (Lipinski definition) is 2. The van der Waals surface area contributed by atoms with Gasteiger partial charge in [-0.15, -0.1) is 0 Å². The number of nitrogens with one attached hydrogen (secondary N) is 2. The predicted molar refractivity (Wildman–Crippen MR) is 94.7 cm³/mol. The molecule has 9 heteroatoms. The first-order chi connectivity index (χ1) is 12.3. The third-order valence-corrected chi connectivity index (χ3v) is 3.82. The lowest BCUT2D eigenvalue weighted by Gasteiger charge is -2.15.